The number of hydrogen-bond donors (Lipinski definition) is 2. The van der Waals surface area contributed by atoms with Crippen LogP contribution in [-0.2, 0) is 0 Å². The van der Waals surface area contributed by atoms with Crippen molar-refractivity contribution in [3.63, 3.8) is 0 Å². The van der Waals surface area contributed by atoms with Gasteiger partial charge in [-0.2, -0.15) is 5.10 Å². The first-order valence-corrected chi connectivity index (χ1v) is 6.39. The van der Waals surface area contributed by atoms with Crippen LogP contribution in [0.15, 0.2) is 24.8 Å². The average Bonchev–Trinajstić information content (AvgIpc) is 2.79. The lowest BCUT2D eigenvalue weighted by Crippen LogP contribution is -2.38. The number of fused-ring (bicyclic) bond motifs is 1. The van der Waals surface area contributed by atoms with Crippen LogP contribution in [0.4, 0.5) is 0 Å². The second kappa shape index (κ2) is 5.79. The minimum Gasteiger partial charge on any atom is -0.350 e. The van der Waals surface area contributed by atoms with Gasteiger partial charge in [-0.05, 0) is 12.3 Å². The van der Waals surface area contributed by atoms with Crippen molar-refractivity contribution < 1.29 is 4.79 Å². The Labute approximate surface area is 112 Å². The highest BCUT2D eigenvalue weighted by atomic mass is 16.1. The normalized spacial score (nSPS) is 12.8. The smallest absolute Gasteiger partial charge is 0.255 e. The number of amides is 1. The molecule has 1 unspecified atom stereocenters. The van der Waals surface area contributed by atoms with E-state index in [0.717, 1.165) is 6.42 Å². The Kier molecular flexibility index (Phi) is 4.11. The Morgan fingerprint density at radius 1 is 1.47 bits per heavy atom. The minimum atomic E-state index is -0.165. The number of nitrogens with zero attached hydrogens (tertiary/aromatic N) is 3. The lowest BCUT2D eigenvalue weighted by Gasteiger charge is -2.14. The Morgan fingerprint density at radius 2 is 2.26 bits per heavy atom. The molecule has 1 amide bonds. The Morgan fingerprint density at radius 3 is 3.00 bits per heavy atom. The van der Waals surface area contributed by atoms with Crippen LogP contribution in [0.25, 0.3) is 5.52 Å². The molecule has 3 N–H and O–H groups in total. The molecule has 19 heavy (non-hydrogen) atoms. The van der Waals surface area contributed by atoms with Crippen molar-refractivity contribution in [3.8, 4) is 0 Å². The summed E-state index contributed by atoms with van der Waals surface area (Å²) in [5, 5.41) is 6.94. The van der Waals surface area contributed by atoms with Crippen LogP contribution in [0.2, 0.25) is 0 Å². The molecular weight excluding hydrogens is 242 g/mol. The Bertz CT molecular complexity index is 563. The van der Waals surface area contributed by atoms with Gasteiger partial charge in [-0.3, -0.25) is 9.78 Å². The topological polar surface area (TPSA) is 85.3 Å². The zero-order valence-electron chi connectivity index (χ0n) is 11.2. The first kappa shape index (κ1) is 13.5. The highest BCUT2D eigenvalue weighted by Crippen LogP contribution is 2.08. The molecule has 6 heteroatoms. The molecule has 102 valence electrons. The van der Waals surface area contributed by atoms with Crippen molar-refractivity contribution >= 4 is 11.4 Å². The maximum Gasteiger partial charge on any atom is 0.255 e. The second-order valence-electron chi connectivity index (χ2n) is 5.06. The lowest BCUT2D eigenvalue weighted by molar-refractivity contribution is 0.0951. The van der Waals surface area contributed by atoms with E-state index >= 15 is 0 Å². The molecule has 0 saturated carbocycles. The van der Waals surface area contributed by atoms with Crippen LogP contribution in [0.5, 0.6) is 0 Å². The first-order chi connectivity index (χ1) is 9.08. The van der Waals surface area contributed by atoms with Gasteiger partial charge in [0.2, 0.25) is 0 Å². The van der Waals surface area contributed by atoms with Crippen molar-refractivity contribution in [1.29, 1.82) is 0 Å². The van der Waals surface area contributed by atoms with Crippen LogP contribution in [0.1, 0.15) is 30.6 Å². The average molecular weight is 261 g/mol. The third kappa shape index (κ3) is 3.29. The van der Waals surface area contributed by atoms with Gasteiger partial charge in [0.25, 0.3) is 5.91 Å². The van der Waals surface area contributed by atoms with E-state index in [2.05, 4.69) is 29.2 Å². The summed E-state index contributed by atoms with van der Waals surface area (Å²) in [6, 6.07) is -0.0242. The molecule has 1 atom stereocenters. The standard InChI is InChI=1S/C13H19N5O/c1-9(2)5-10(14)6-16-13(19)11-7-17-18-4-3-15-8-12(11)18/h3-4,7-10H,5-6,14H2,1-2H3,(H,16,19). The van der Waals surface area contributed by atoms with E-state index in [-0.39, 0.29) is 11.9 Å². The molecule has 0 aromatic carbocycles. The summed E-state index contributed by atoms with van der Waals surface area (Å²) >= 11 is 0. The number of nitrogens with one attached hydrogen (secondary N) is 1. The van der Waals surface area contributed by atoms with E-state index in [1.54, 1.807) is 29.3 Å². The summed E-state index contributed by atoms with van der Waals surface area (Å²) in [4.78, 5) is 16.1. The summed E-state index contributed by atoms with van der Waals surface area (Å²) in [5.74, 6) is 0.357. The van der Waals surface area contributed by atoms with Gasteiger partial charge in [0.15, 0.2) is 0 Å². The molecule has 0 spiro atoms. The first-order valence-electron chi connectivity index (χ1n) is 6.39. The SMILES string of the molecule is CC(C)CC(N)CNC(=O)c1cnn2ccncc12. The second-order valence-corrected chi connectivity index (χ2v) is 5.06. The fourth-order valence-corrected chi connectivity index (χ4v) is 2.02. The number of rotatable bonds is 5. The maximum absolute atomic E-state index is 12.1. The molecule has 0 saturated heterocycles. The highest BCUT2D eigenvalue weighted by Gasteiger charge is 2.14. The van der Waals surface area contributed by atoms with Gasteiger partial charge in [-0.25, -0.2) is 4.52 Å². The van der Waals surface area contributed by atoms with Crippen LogP contribution < -0.4 is 11.1 Å². The molecule has 2 aromatic rings. The van der Waals surface area contributed by atoms with Gasteiger partial charge in [0.05, 0.1) is 23.5 Å². The summed E-state index contributed by atoms with van der Waals surface area (Å²) < 4.78 is 1.62. The van der Waals surface area contributed by atoms with Crippen molar-refractivity contribution in [2.24, 2.45) is 11.7 Å². The molecular formula is C13H19N5O. The summed E-state index contributed by atoms with van der Waals surface area (Å²) in [6.07, 6.45) is 7.38. The van der Waals surface area contributed by atoms with Crippen LogP contribution in [0.3, 0.4) is 0 Å². The van der Waals surface area contributed by atoms with E-state index < -0.39 is 0 Å². The van der Waals surface area contributed by atoms with Crippen LogP contribution in [0, 0.1) is 5.92 Å². The van der Waals surface area contributed by atoms with E-state index in [0.29, 0.717) is 23.5 Å². The van der Waals surface area contributed by atoms with Crippen molar-refractivity contribution in [3.05, 3.63) is 30.4 Å². The third-order valence-electron chi connectivity index (χ3n) is 2.87. The van der Waals surface area contributed by atoms with E-state index in [1.807, 2.05) is 0 Å². The van der Waals surface area contributed by atoms with Crippen molar-refractivity contribution in [2.75, 3.05) is 6.54 Å². The van der Waals surface area contributed by atoms with Gasteiger partial charge in [-0.15, -0.1) is 0 Å². The molecule has 2 heterocycles. The summed E-state index contributed by atoms with van der Waals surface area (Å²) in [7, 11) is 0. The number of carbonyl (C=O) groups is 1. The lowest BCUT2D eigenvalue weighted by atomic mass is 10.0. The molecule has 0 aliphatic heterocycles. The molecule has 2 aromatic heterocycles. The highest BCUT2D eigenvalue weighted by molar-refractivity contribution is 6.00. The van der Waals surface area contributed by atoms with Crippen LogP contribution in [-0.4, -0.2) is 33.1 Å². The predicted octanol–water partition coefficient (Wildman–Crippen LogP) is 0.833. The molecule has 0 aliphatic carbocycles. The zero-order chi connectivity index (χ0) is 13.8. The van der Waals surface area contributed by atoms with Crippen molar-refractivity contribution in [2.45, 2.75) is 26.3 Å². The fourth-order valence-electron chi connectivity index (χ4n) is 2.02. The summed E-state index contributed by atoms with van der Waals surface area (Å²) in [5.41, 5.74) is 7.15. The van der Waals surface area contributed by atoms with Gasteiger partial charge in [0.1, 0.15) is 0 Å². The van der Waals surface area contributed by atoms with Crippen LogP contribution >= 0.6 is 0 Å². The number of nitrogens with two attached hydrogens (primary N) is 1. The van der Waals surface area contributed by atoms with E-state index in [4.69, 9.17) is 5.73 Å². The van der Waals surface area contributed by atoms with E-state index in [1.165, 1.54) is 0 Å². The van der Waals surface area contributed by atoms with Gasteiger partial charge >= 0.3 is 0 Å². The number of carbonyl (C=O) groups excluding carboxylic acids is 1. The third-order valence-corrected chi connectivity index (χ3v) is 2.87. The number of aromatic nitrogens is 3. The number of hydrogen-bond acceptors (Lipinski definition) is 4. The van der Waals surface area contributed by atoms with Gasteiger partial charge in [0, 0.05) is 25.0 Å². The van der Waals surface area contributed by atoms with Gasteiger partial charge < -0.3 is 11.1 Å². The Hall–Kier alpha value is -1.95. The molecule has 6 nitrogen and oxygen atoms in total. The molecule has 2 rings (SSSR count). The minimum absolute atomic E-state index is 0.0242. The Balaban J connectivity index is 2.00. The molecule has 0 radical (unpaired) electrons. The van der Waals surface area contributed by atoms with E-state index in [9.17, 15) is 4.79 Å². The fraction of sp³-hybridized carbons (Fsp3) is 0.462. The molecule has 0 aliphatic rings. The largest absolute Gasteiger partial charge is 0.350 e. The zero-order valence-corrected chi connectivity index (χ0v) is 11.2. The molecule has 0 bridgehead atoms. The quantitative estimate of drug-likeness (QED) is 0.835. The monoisotopic (exact) mass is 261 g/mol. The predicted molar refractivity (Wildman–Crippen MR) is 72.8 cm³/mol. The van der Waals surface area contributed by atoms with Crippen molar-refractivity contribution in [1.82, 2.24) is 19.9 Å². The maximum atomic E-state index is 12.1. The molecule has 0 fully saturated rings. The summed E-state index contributed by atoms with van der Waals surface area (Å²) in [6.45, 7) is 4.69. The van der Waals surface area contributed by atoms with Gasteiger partial charge in [-0.1, -0.05) is 13.8 Å².